The fourth-order valence-corrected chi connectivity index (χ4v) is 3.29. The first-order valence-electron chi connectivity index (χ1n) is 9.09. The van der Waals surface area contributed by atoms with Gasteiger partial charge in [-0.25, -0.2) is 0 Å². The Kier molecular flexibility index (Phi) is 6.48. The Labute approximate surface area is 177 Å². The molecule has 0 radical (unpaired) electrons. The molecule has 0 aliphatic heterocycles. The number of hydrogen-bond acceptors (Lipinski definition) is 3. The molecule has 4 nitrogen and oxygen atoms in total. The number of allylic oxidation sites excluding steroid dienone is 3. The van der Waals surface area contributed by atoms with Gasteiger partial charge in [-0.05, 0) is 53.6 Å². The fourth-order valence-electron chi connectivity index (χ4n) is 2.90. The third-order valence-corrected chi connectivity index (χ3v) is 4.82. The Bertz CT molecular complexity index is 1170. The van der Waals surface area contributed by atoms with E-state index in [1.54, 1.807) is 6.08 Å². The maximum absolute atomic E-state index is 12.6. The van der Waals surface area contributed by atoms with Gasteiger partial charge < -0.3 is 9.72 Å². The second-order valence-electron chi connectivity index (χ2n) is 6.27. The third kappa shape index (κ3) is 4.74. The van der Waals surface area contributed by atoms with E-state index in [0.29, 0.717) is 17.1 Å². The van der Waals surface area contributed by atoms with Gasteiger partial charge in [0.2, 0.25) is 5.43 Å². The Morgan fingerprint density at radius 3 is 2.59 bits per heavy atom. The first-order chi connectivity index (χ1) is 14.0. The summed E-state index contributed by atoms with van der Waals surface area (Å²) in [6.07, 6.45) is 4.25. The predicted octanol–water partition coefficient (Wildman–Crippen LogP) is 6.20. The molecule has 0 saturated carbocycles. The zero-order valence-corrected chi connectivity index (χ0v) is 17.5. The highest BCUT2D eigenvalue weighted by molar-refractivity contribution is 9.10. The van der Waals surface area contributed by atoms with Crippen molar-refractivity contribution in [1.82, 2.24) is 4.98 Å². The molecule has 0 spiro atoms. The zero-order chi connectivity index (χ0) is 20.8. The molecule has 1 aromatic heterocycles. The van der Waals surface area contributed by atoms with Crippen LogP contribution >= 0.6 is 15.9 Å². The fraction of sp³-hybridized carbons (Fsp3) is 0.0833. The molecule has 0 unspecified atom stereocenters. The molecule has 1 heterocycles. The van der Waals surface area contributed by atoms with E-state index >= 15 is 0 Å². The van der Waals surface area contributed by atoms with Gasteiger partial charge in [-0.1, -0.05) is 47.6 Å². The Morgan fingerprint density at radius 1 is 1.21 bits per heavy atom. The molecule has 0 bridgehead atoms. The minimum atomic E-state index is -0.321. The van der Waals surface area contributed by atoms with Crippen LogP contribution < -0.4 is 10.2 Å². The van der Waals surface area contributed by atoms with Crippen molar-refractivity contribution in [2.75, 3.05) is 0 Å². The Hall–Kier alpha value is -3.36. The molecule has 0 fully saturated rings. The molecule has 29 heavy (non-hydrogen) atoms. The maximum atomic E-state index is 12.6. The van der Waals surface area contributed by atoms with Crippen LogP contribution in [0.1, 0.15) is 18.9 Å². The van der Waals surface area contributed by atoms with Crippen LogP contribution in [0.3, 0.4) is 0 Å². The summed E-state index contributed by atoms with van der Waals surface area (Å²) in [5.74, 6) is 1.48. The van der Waals surface area contributed by atoms with E-state index in [0.717, 1.165) is 27.8 Å². The van der Waals surface area contributed by atoms with E-state index in [-0.39, 0.29) is 11.0 Å². The molecule has 2 aromatic carbocycles. The number of pyridine rings is 1. The summed E-state index contributed by atoms with van der Waals surface area (Å²) in [6.45, 7) is 5.69. The highest BCUT2D eigenvalue weighted by Crippen LogP contribution is 2.27. The van der Waals surface area contributed by atoms with E-state index in [1.165, 1.54) is 6.07 Å². The van der Waals surface area contributed by atoms with Crippen molar-refractivity contribution >= 4 is 15.9 Å². The molecule has 0 aliphatic rings. The van der Waals surface area contributed by atoms with Crippen molar-refractivity contribution < 1.29 is 4.74 Å². The Balaban J connectivity index is 2.03. The highest BCUT2D eigenvalue weighted by atomic mass is 79.9. The number of rotatable bonds is 6. The first kappa shape index (κ1) is 20.4. The van der Waals surface area contributed by atoms with Crippen molar-refractivity contribution in [3.8, 4) is 34.3 Å². The molecule has 0 amide bonds. The van der Waals surface area contributed by atoms with Crippen LogP contribution in [0.5, 0.6) is 5.75 Å². The van der Waals surface area contributed by atoms with E-state index in [2.05, 4.69) is 27.5 Å². The van der Waals surface area contributed by atoms with Gasteiger partial charge in [0.15, 0.2) is 0 Å². The molecule has 1 N–H and O–H groups in total. The van der Waals surface area contributed by atoms with Crippen molar-refractivity contribution in [3.63, 3.8) is 0 Å². The second kappa shape index (κ2) is 9.22. The van der Waals surface area contributed by atoms with Crippen LogP contribution in [0.4, 0.5) is 0 Å². The molecule has 5 heteroatoms. The number of aromatic nitrogens is 1. The van der Waals surface area contributed by atoms with E-state index in [4.69, 9.17) is 4.74 Å². The summed E-state index contributed by atoms with van der Waals surface area (Å²) >= 11 is 3.45. The van der Waals surface area contributed by atoms with Gasteiger partial charge in [0.1, 0.15) is 23.1 Å². The predicted molar refractivity (Wildman–Crippen MR) is 120 cm³/mol. The molecule has 3 rings (SSSR count). The van der Waals surface area contributed by atoms with Crippen LogP contribution in [0.2, 0.25) is 0 Å². The molecule has 0 aliphatic carbocycles. The maximum Gasteiger partial charge on any atom is 0.200 e. The van der Waals surface area contributed by atoms with Gasteiger partial charge in [0, 0.05) is 22.7 Å². The normalized spacial score (nSPS) is 11.0. The molecular formula is C24H19BrN2O2. The van der Waals surface area contributed by atoms with Crippen LogP contribution in [0, 0.1) is 11.3 Å². The average Bonchev–Trinajstić information content (AvgIpc) is 2.73. The lowest BCUT2D eigenvalue weighted by Crippen LogP contribution is -2.09. The van der Waals surface area contributed by atoms with Crippen molar-refractivity contribution in [1.29, 1.82) is 5.26 Å². The monoisotopic (exact) mass is 446 g/mol. The van der Waals surface area contributed by atoms with E-state index in [1.807, 2.05) is 67.6 Å². The summed E-state index contributed by atoms with van der Waals surface area (Å²) in [5, 5.41) is 9.51. The van der Waals surface area contributed by atoms with Gasteiger partial charge in [-0.2, -0.15) is 5.26 Å². The van der Waals surface area contributed by atoms with Crippen LogP contribution in [0.25, 0.3) is 22.5 Å². The SMILES string of the molecule is C=CC=C(CC)Oc1ccc(-c2[nH]c(-c3cccc(Br)c3)cc(=O)c2C#N)cc1. The van der Waals surface area contributed by atoms with Crippen molar-refractivity contribution in [2.45, 2.75) is 13.3 Å². The number of nitrogens with zero attached hydrogens (tertiary/aromatic N) is 1. The molecule has 0 atom stereocenters. The number of ether oxygens (including phenoxy) is 1. The van der Waals surface area contributed by atoms with Gasteiger partial charge in [0.05, 0.1) is 5.69 Å². The highest BCUT2D eigenvalue weighted by Gasteiger charge is 2.13. The summed E-state index contributed by atoms with van der Waals surface area (Å²) in [6, 6.07) is 18.4. The summed E-state index contributed by atoms with van der Waals surface area (Å²) in [7, 11) is 0. The van der Waals surface area contributed by atoms with Gasteiger partial charge in [-0.15, -0.1) is 0 Å². The number of benzene rings is 2. The molecule has 0 saturated heterocycles. The van der Waals surface area contributed by atoms with Crippen molar-refractivity contribution in [2.24, 2.45) is 0 Å². The summed E-state index contributed by atoms with van der Waals surface area (Å²) < 4.78 is 6.73. The van der Waals surface area contributed by atoms with Crippen LogP contribution in [-0.4, -0.2) is 4.98 Å². The van der Waals surface area contributed by atoms with Crippen LogP contribution in [0.15, 0.2) is 88.4 Å². The van der Waals surface area contributed by atoms with Gasteiger partial charge in [0.25, 0.3) is 0 Å². The average molecular weight is 447 g/mol. The van der Waals surface area contributed by atoms with Gasteiger partial charge in [-0.3, -0.25) is 4.79 Å². The number of halogens is 1. The lowest BCUT2D eigenvalue weighted by atomic mass is 10.0. The smallest absolute Gasteiger partial charge is 0.200 e. The second-order valence-corrected chi connectivity index (χ2v) is 7.18. The number of hydrogen-bond donors (Lipinski definition) is 1. The lowest BCUT2D eigenvalue weighted by molar-refractivity contribution is 0.409. The largest absolute Gasteiger partial charge is 0.462 e. The molecule has 144 valence electrons. The van der Waals surface area contributed by atoms with Gasteiger partial charge >= 0.3 is 0 Å². The quantitative estimate of drug-likeness (QED) is 0.361. The third-order valence-electron chi connectivity index (χ3n) is 4.32. The Morgan fingerprint density at radius 2 is 1.97 bits per heavy atom. The zero-order valence-electron chi connectivity index (χ0n) is 15.9. The number of nitriles is 1. The number of nitrogens with one attached hydrogen (secondary N) is 1. The lowest BCUT2D eigenvalue weighted by Gasteiger charge is -2.11. The van der Waals surface area contributed by atoms with E-state index < -0.39 is 0 Å². The summed E-state index contributed by atoms with van der Waals surface area (Å²) in [5.41, 5.74) is 2.47. The standard InChI is InChI=1S/C24H19BrN2O2/c1-3-6-19(4-2)29-20-11-9-16(10-12-20)24-21(15-26)23(28)14-22(27-24)17-7-5-8-18(25)13-17/h3,5-14H,1,4H2,2H3,(H,27,28). The number of H-pyrrole nitrogens is 1. The van der Waals surface area contributed by atoms with Crippen LogP contribution in [-0.2, 0) is 0 Å². The molecule has 3 aromatic rings. The van der Waals surface area contributed by atoms with Crippen molar-refractivity contribution in [3.05, 3.63) is 99.3 Å². The first-order valence-corrected chi connectivity index (χ1v) is 9.88. The molecular weight excluding hydrogens is 428 g/mol. The van der Waals surface area contributed by atoms with E-state index in [9.17, 15) is 10.1 Å². The minimum Gasteiger partial charge on any atom is -0.462 e. The minimum absolute atomic E-state index is 0.0817. The summed E-state index contributed by atoms with van der Waals surface area (Å²) in [4.78, 5) is 15.8. The number of aromatic amines is 1. The topological polar surface area (TPSA) is 65.9 Å².